The molecule has 0 bridgehead atoms. The molecule has 0 unspecified atom stereocenters. The molecule has 0 aliphatic rings. The SMILES string of the molecule is CCCCCCCCCCCCCOCCOCCOCCC(=O)OC(C)(C)C. The van der Waals surface area contributed by atoms with E-state index in [0.29, 0.717) is 33.0 Å². The molecule has 0 aromatic heterocycles. The number of rotatable bonds is 21. The van der Waals surface area contributed by atoms with Gasteiger partial charge < -0.3 is 18.9 Å². The lowest BCUT2D eigenvalue weighted by Crippen LogP contribution is -2.24. The van der Waals surface area contributed by atoms with Gasteiger partial charge in [0.25, 0.3) is 0 Å². The van der Waals surface area contributed by atoms with Crippen LogP contribution in [0.4, 0.5) is 0 Å². The van der Waals surface area contributed by atoms with Crippen molar-refractivity contribution in [3.63, 3.8) is 0 Å². The van der Waals surface area contributed by atoms with Crippen molar-refractivity contribution in [3.8, 4) is 0 Å². The van der Waals surface area contributed by atoms with Gasteiger partial charge in [-0.1, -0.05) is 71.1 Å². The van der Waals surface area contributed by atoms with Gasteiger partial charge in [-0.2, -0.15) is 0 Å². The van der Waals surface area contributed by atoms with Gasteiger partial charge in [0.1, 0.15) is 5.60 Å². The van der Waals surface area contributed by atoms with Gasteiger partial charge in [0.15, 0.2) is 0 Å². The summed E-state index contributed by atoms with van der Waals surface area (Å²) in [5.41, 5.74) is -0.437. The van der Waals surface area contributed by atoms with E-state index < -0.39 is 5.60 Å². The fourth-order valence-electron chi connectivity index (χ4n) is 2.96. The van der Waals surface area contributed by atoms with E-state index in [1.807, 2.05) is 20.8 Å². The van der Waals surface area contributed by atoms with Gasteiger partial charge >= 0.3 is 5.97 Å². The molecule has 0 amide bonds. The highest BCUT2D eigenvalue weighted by Gasteiger charge is 2.15. The number of unbranched alkanes of at least 4 members (excludes halogenated alkanes) is 10. The Balaban J connectivity index is 3.11. The number of esters is 1. The number of hydrogen-bond acceptors (Lipinski definition) is 5. The number of carbonyl (C=O) groups is 1. The van der Waals surface area contributed by atoms with E-state index in [-0.39, 0.29) is 12.4 Å². The summed E-state index contributed by atoms with van der Waals surface area (Å²) in [6.07, 6.45) is 15.2. The van der Waals surface area contributed by atoms with Crippen LogP contribution in [0.3, 0.4) is 0 Å². The fourth-order valence-corrected chi connectivity index (χ4v) is 2.96. The molecular weight excluding hydrogens is 368 g/mol. The predicted molar refractivity (Wildman–Crippen MR) is 119 cm³/mol. The third-order valence-corrected chi connectivity index (χ3v) is 4.51. The average Bonchev–Trinajstić information content (AvgIpc) is 2.65. The standard InChI is InChI=1S/C24H48O5/c1-5-6-7-8-9-10-11-12-13-14-15-17-26-19-21-28-22-20-27-18-16-23(25)29-24(2,3)4/h5-22H2,1-4H3. The van der Waals surface area contributed by atoms with Gasteiger partial charge in [0.2, 0.25) is 0 Å². The Hall–Kier alpha value is -0.650. The second-order valence-corrected chi connectivity index (χ2v) is 8.71. The summed E-state index contributed by atoms with van der Waals surface area (Å²) in [6, 6.07) is 0. The van der Waals surface area contributed by atoms with Crippen molar-refractivity contribution in [1.82, 2.24) is 0 Å². The minimum absolute atomic E-state index is 0.228. The second-order valence-electron chi connectivity index (χ2n) is 8.71. The summed E-state index contributed by atoms with van der Waals surface area (Å²) < 4.78 is 21.6. The summed E-state index contributed by atoms with van der Waals surface area (Å²) in [5.74, 6) is -0.228. The Kier molecular flexibility index (Phi) is 20.2. The zero-order valence-electron chi connectivity index (χ0n) is 19.8. The Bertz CT molecular complexity index is 352. The highest BCUT2D eigenvalue weighted by Crippen LogP contribution is 2.11. The average molecular weight is 417 g/mol. The molecule has 0 radical (unpaired) electrons. The van der Waals surface area contributed by atoms with E-state index in [0.717, 1.165) is 13.0 Å². The van der Waals surface area contributed by atoms with Crippen molar-refractivity contribution in [2.75, 3.05) is 39.6 Å². The Morgan fingerprint density at radius 2 is 1.00 bits per heavy atom. The molecule has 5 nitrogen and oxygen atoms in total. The molecule has 0 rings (SSSR count). The Morgan fingerprint density at radius 1 is 0.586 bits per heavy atom. The van der Waals surface area contributed by atoms with Gasteiger partial charge in [-0.3, -0.25) is 4.79 Å². The van der Waals surface area contributed by atoms with Crippen LogP contribution >= 0.6 is 0 Å². The third-order valence-electron chi connectivity index (χ3n) is 4.51. The smallest absolute Gasteiger partial charge is 0.308 e. The fraction of sp³-hybridized carbons (Fsp3) is 0.958. The molecule has 0 aromatic rings. The molecule has 174 valence electrons. The maximum absolute atomic E-state index is 11.5. The highest BCUT2D eigenvalue weighted by atomic mass is 16.6. The van der Waals surface area contributed by atoms with Crippen LogP contribution in [-0.4, -0.2) is 51.2 Å². The molecular formula is C24H48O5. The van der Waals surface area contributed by atoms with E-state index in [1.54, 1.807) is 0 Å². The molecule has 0 aromatic carbocycles. The summed E-state index contributed by atoms with van der Waals surface area (Å²) in [7, 11) is 0. The molecule has 0 saturated heterocycles. The predicted octanol–water partition coefficient (Wildman–Crippen LogP) is 6.08. The minimum Gasteiger partial charge on any atom is -0.460 e. The number of ether oxygens (including phenoxy) is 4. The number of carbonyl (C=O) groups excluding carboxylic acids is 1. The van der Waals surface area contributed by atoms with Crippen LogP contribution in [0.1, 0.15) is 105 Å². The Morgan fingerprint density at radius 3 is 1.48 bits per heavy atom. The van der Waals surface area contributed by atoms with E-state index in [2.05, 4.69) is 6.92 Å². The van der Waals surface area contributed by atoms with Crippen LogP contribution in [0.25, 0.3) is 0 Å². The van der Waals surface area contributed by atoms with Crippen LogP contribution in [0, 0.1) is 0 Å². The van der Waals surface area contributed by atoms with Gasteiger partial charge in [-0.05, 0) is 27.2 Å². The second kappa shape index (κ2) is 20.6. The normalized spacial score (nSPS) is 11.7. The molecule has 5 heteroatoms. The molecule has 0 N–H and O–H groups in total. The maximum Gasteiger partial charge on any atom is 0.308 e. The summed E-state index contributed by atoms with van der Waals surface area (Å²) in [5, 5.41) is 0. The molecule has 0 aliphatic heterocycles. The van der Waals surface area contributed by atoms with Crippen molar-refractivity contribution >= 4 is 5.97 Å². The van der Waals surface area contributed by atoms with Gasteiger partial charge in [0.05, 0.1) is 39.5 Å². The lowest BCUT2D eigenvalue weighted by Gasteiger charge is -2.19. The van der Waals surface area contributed by atoms with E-state index in [9.17, 15) is 4.79 Å². The van der Waals surface area contributed by atoms with Crippen LogP contribution in [-0.2, 0) is 23.7 Å². The third kappa shape index (κ3) is 25.3. The molecule has 0 heterocycles. The van der Waals surface area contributed by atoms with Gasteiger partial charge in [-0.15, -0.1) is 0 Å². The molecule has 0 aliphatic carbocycles. The first-order chi connectivity index (χ1) is 14.0. The molecule has 0 spiro atoms. The highest BCUT2D eigenvalue weighted by molar-refractivity contribution is 5.69. The van der Waals surface area contributed by atoms with E-state index in [1.165, 1.54) is 64.2 Å². The molecule has 29 heavy (non-hydrogen) atoms. The summed E-state index contributed by atoms with van der Waals surface area (Å²) >= 11 is 0. The lowest BCUT2D eigenvalue weighted by atomic mass is 10.1. The van der Waals surface area contributed by atoms with Crippen molar-refractivity contribution in [2.45, 2.75) is 110 Å². The van der Waals surface area contributed by atoms with Crippen LogP contribution in [0.5, 0.6) is 0 Å². The lowest BCUT2D eigenvalue weighted by molar-refractivity contribution is -0.156. The van der Waals surface area contributed by atoms with Crippen molar-refractivity contribution in [1.29, 1.82) is 0 Å². The largest absolute Gasteiger partial charge is 0.460 e. The first-order valence-electron chi connectivity index (χ1n) is 11.9. The van der Waals surface area contributed by atoms with E-state index >= 15 is 0 Å². The topological polar surface area (TPSA) is 54.0 Å². The monoisotopic (exact) mass is 416 g/mol. The zero-order chi connectivity index (χ0) is 21.6. The van der Waals surface area contributed by atoms with Crippen LogP contribution in [0.2, 0.25) is 0 Å². The zero-order valence-corrected chi connectivity index (χ0v) is 19.8. The first kappa shape index (κ1) is 28.4. The molecule has 0 saturated carbocycles. The van der Waals surface area contributed by atoms with Crippen LogP contribution in [0.15, 0.2) is 0 Å². The maximum atomic E-state index is 11.5. The van der Waals surface area contributed by atoms with Crippen molar-refractivity contribution in [3.05, 3.63) is 0 Å². The van der Waals surface area contributed by atoms with Crippen molar-refractivity contribution in [2.24, 2.45) is 0 Å². The van der Waals surface area contributed by atoms with Gasteiger partial charge in [0, 0.05) is 6.61 Å². The summed E-state index contributed by atoms with van der Waals surface area (Å²) in [6.45, 7) is 11.3. The quantitative estimate of drug-likeness (QED) is 0.168. The molecule has 0 fully saturated rings. The van der Waals surface area contributed by atoms with E-state index in [4.69, 9.17) is 18.9 Å². The summed E-state index contributed by atoms with van der Waals surface area (Å²) in [4.78, 5) is 11.5. The van der Waals surface area contributed by atoms with Gasteiger partial charge in [-0.25, -0.2) is 0 Å². The van der Waals surface area contributed by atoms with Crippen molar-refractivity contribution < 1.29 is 23.7 Å². The minimum atomic E-state index is -0.437. The number of hydrogen-bond donors (Lipinski definition) is 0. The first-order valence-corrected chi connectivity index (χ1v) is 11.9. The molecule has 0 atom stereocenters. The Labute approximate surface area is 180 Å². The van der Waals surface area contributed by atoms with Crippen LogP contribution < -0.4 is 0 Å².